The number of amides is 1. The van der Waals surface area contributed by atoms with Crippen molar-refractivity contribution in [3.05, 3.63) is 83.0 Å². The lowest BCUT2D eigenvalue weighted by Gasteiger charge is -2.23. The van der Waals surface area contributed by atoms with Crippen molar-refractivity contribution in [2.75, 3.05) is 4.90 Å². The average Bonchev–Trinajstić information content (AvgIpc) is 3.03. The number of carbonyl (C=O) groups is 1. The molecule has 5 heteroatoms. The minimum atomic E-state index is -0.218. The lowest BCUT2D eigenvalue weighted by atomic mass is 10.1. The molecule has 0 saturated carbocycles. The average molecular weight is 358 g/mol. The van der Waals surface area contributed by atoms with Gasteiger partial charge >= 0.3 is 0 Å². The lowest BCUT2D eigenvalue weighted by molar-refractivity contribution is 0.0945. The number of nitrogens with one attached hydrogen (secondary N) is 1. The summed E-state index contributed by atoms with van der Waals surface area (Å²) >= 11 is 0. The third kappa shape index (κ3) is 3.53. The monoisotopic (exact) mass is 358 g/mol. The molecule has 1 N–H and O–H groups in total. The van der Waals surface area contributed by atoms with Gasteiger partial charge in [0.1, 0.15) is 0 Å². The summed E-state index contributed by atoms with van der Waals surface area (Å²) < 4.78 is 0. The van der Waals surface area contributed by atoms with E-state index in [1.165, 1.54) is 11.1 Å². The topological polar surface area (TPSA) is 58.1 Å². The summed E-state index contributed by atoms with van der Waals surface area (Å²) in [6.07, 6.45) is 0.983. The van der Waals surface area contributed by atoms with Crippen molar-refractivity contribution < 1.29 is 4.79 Å². The molecule has 2 heterocycles. The van der Waals surface area contributed by atoms with E-state index in [0.29, 0.717) is 18.3 Å². The predicted octanol–water partition coefficient (Wildman–Crippen LogP) is 3.80. The van der Waals surface area contributed by atoms with Gasteiger partial charge < -0.3 is 10.2 Å². The number of para-hydroxylation sites is 1. The Labute approximate surface area is 159 Å². The Bertz CT molecular complexity index is 951. The number of hydrogen-bond donors (Lipinski definition) is 1. The van der Waals surface area contributed by atoms with Crippen molar-refractivity contribution in [1.29, 1.82) is 0 Å². The highest BCUT2D eigenvalue weighted by atomic mass is 16.1. The molecule has 1 atom stereocenters. The number of anilines is 2. The predicted molar refractivity (Wildman–Crippen MR) is 106 cm³/mol. The van der Waals surface area contributed by atoms with Crippen LogP contribution in [-0.2, 0) is 13.0 Å². The molecular weight excluding hydrogens is 336 g/mol. The zero-order chi connectivity index (χ0) is 18.8. The molecular formula is C22H22N4O. The summed E-state index contributed by atoms with van der Waals surface area (Å²) in [6.45, 7) is 4.68. The maximum atomic E-state index is 12.4. The fourth-order valence-corrected chi connectivity index (χ4v) is 3.47. The molecule has 1 amide bonds. The number of aromatic nitrogens is 2. The number of benzene rings is 2. The Hall–Kier alpha value is -3.21. The summed E-state index contributed by atoms with van der Waals surface area (Å²) in [5.74, 6) is 0.548. The highest BCUT2D eigenvalue weighted by Gasteiger charge is 2.28. The van der Waals surface area contributed by atoms with Gasteiger partial charge in [0, 0.05) is 18.3 Å². The third-order valence-electron chi connectivity index (χ3n) is 4.91. The molecule has 136 valence electrons. The van der Waals surface area contributed by atoms with E-state index in [9.17, 15) is 4.79 Å². The van der Waals surface area contributed by atoms with Gasteiger partial charge in [-0.05, 0) is 49.6 Å². The van der Waals surface area contributed by atoms with Crippen molar-refractivity contribution >= 4 is 17.4 Å². The zero-order valence-corrected chi connectivity index (χ0v) is 15.5. The van der Waals surface area contributed by atoms with Crippen molar-refractivity contribution in [3.63, 3.8) is 0 Å². The Kier molecular flexibility index (Phi) is 4.59. The molecule has 2 aromatic carbocycles. The molecule has 0 fully saturated rings. The normalized spacial score (nSPS) is 15.5. The van der Waals surface area contributed by atoms with Crippen molar-refractivity contribution in [2.24, 2.45) is 0 Å². The summed E-state index contributed by atoms with van der Waals surface area (Å²) in [6, 6.07) is 20.3. The number of fused-ring (bicyclic) bond motifs is 1. The van der Waals surface area contributed by atoms with Gasteiger partial charge in [-0.2, -0.15) is 0 Å². The smallest absolute Gasteiger partial charge is 0.272 e. The van der Waals surface area contributed by atoms with Crippen molar-refractivity contribution in [1.82, 2.24) is 15.5 Å². The summed E-state index contributed by atoms with van der Waals surface area (Å²) in [5.41, 5.74) is 5.05. The molecule has 0 bridgehead atoms. The Morgan fingerprint density at radius 2 is 1.85 bits per heavy atom. The molecule has 0 saturated heterocycles. The van der Waals surface area contributed by atoms with Gasteiger partial charge in [0.2, 0.25) is 0 Å². The minimum Gasteiger partial charge on any atom is -0.347 e. The van der Waals surface area contributed by atoms with Crippen LogP contribution in [0.3, 0.4) is 0 Å². The maximum Gasteiger partial charge on any atom is 0.272 e. The van der Waals surface area contributed by atoms with Gasteiger partial charge in [0.05, 0.1) is 0 Å². The summed E-state index contributed by atoms with van der Waals surface area (Å²) in [5, 5.41) is 11.4. The second-order valence-electron chi connectivity index (χ2n) is 7.00. The second-order valence-corrected chi connectivity index (χ2v) is 7.00. The van der Waals surface area contributed by atoms with Crippen LogP contribution in [0.15, 0.2) is 60.7 Å². The highest BCUT2D eigenvalue weighted by molar-refractivity contribution is 5.92. The third-order valence-corrected chi connectivity index (χ3v) is 4.91. The quantitative estimate of drug-likeness (QED) is 0.771. The summed E-state index contributed by atoms with van der Waals surface area (Å²) in [4.78, 5) is 14.5. The number of rotatable bonds is 4. The molecule has 0 radical (unpaired) electrons. The van der Waals surface area contributed by atoms with Crippen LogP contribution in [0.1, 0.15) is 34.1 Å². The number of nitrogens with zero attached hydrogens (tertiary/aromatic N) is 3. The van der Waals surface area contributed by atoms with Crippen LogP contribution in [0.5, 0.6) is 0 Å². The molecule has 1 unspecified atom stereocenters. The highest BCUT2D eigenvalue weighted by Crippen LogP contribution is 2.36. The van der Waals surface area contributed by atoms with E-state index in [-0.39, 0.29) is 5.91 Å². The fourth-order valence-electron chi connectivity index (χ4n) is 3.47. The number of carbonyl (C=O) groups excluding carboxylic acids is 1. The van der Waals surface area contributed by atoms with Gasteiger partial charge in [0.25, 0.3) is 5.91 Å². The van der Waals surface area contributed by atoms with Gasteiger partial charge in [-0.1, -0.05) is 48.0 Å². The van der Waals surface area contributed by atoms with Crippen LogP contribution in [-0.4, -0.2) is 22.1 Å². The van der Waals surface area contributed by atoms with E-state index in [1.54, 1.807) is 6.07 Å². The van der Waals surface area contributed by atoms with Gasteiger partial charge in [0.15, 0.2) is 11.5 Å². The van der Waals surface area contributed by atoms with Crippen LogP contribution >= 0.6 is 0 Å². The van der Waals surface area contributed by atoms with Crippen LogP contribution in [0, 0.1) is 6.92 Å². The zero-order valence-electron chi connectivity index (χ0n) is 15.5. The van der Waals surface area contributed by atoms with E-state index in [0.717, 1.165) is 23.5 Å². The largest absolute Gasteiger partial charge is 0.347 e. The van der Waals surface area contributed by atoms with Crippen LogP contribution in [0.25, 0.3) is 0 Å². The van der Waals surface area contributed by atoms with Gasteiger partial charge in [-0.3, -0.25) is 4.79 Å². The number of aryl methyl sites for hydroxylation is 1. The Balaban J connectivity index is 1.46. The lowest BCUT2D eigenvalue weighted by Crippen LogP contribution is -2.27. The van der Waals surface area contributed by atoms with Crippen LogP contribution in [0.4, 0.5) is 11.5 Å². The molecule has 3 aromatic rings. The van der Waals surface area contributed by atoms with E-state index in [4.69, 9.17) is 0 Å². The van der Waals surface area contributed by atoms with Crippen molar-refractivity contribution in [2.45, 2.75) is 32.9 Å². The molecule has 0 spiro atoms. The molecule has 0 aliphatic carbocycles. The van der Waals surface area contributed by atoms with Crippen LogP contribution in [0.2, 0.25) is 0 Å². The number of hydrogen-bond acceptors (Lipinski definition) is 4. The first kappa shape index (κ1) is 17.2. The first-order valence-corrected chi connectivity index (χ1v) is 9.16. The maximum absolute atomic E-state index is 12.4. The molecule has 5 nitrogen and oxygen atoms in total. The van der Waals surface area contributed by atoms with E-state index < -0.39 is 0 Å². The van der Waals surface area contributed by atoms with E-state index in [1.807, 2.05) is 43.3 Å². The molecule has 1 aliphatic rings. The first-order valence-electron chi connectivity index (χ1n) is 9.16. The fraction of sp³-hybridized carbons (Fsp3) is 0.227. The summed E-state index contributed by atoms with van der Waals surface area (Å²) in [7, 11) is 0. The van der Waals surface area contributed by atoms with Crippen LogP contribution < -0.4 is 10.2 Å². The molecule has 1 aliphatic heterocycles. The first-order chi connectivity index (χ1) is 13.1. The molecule has 27 heavy (non-hydrogen) atoms. The standard InChI is InChI=1S/C22H22N4O/c1-15-7-9-17(10-8-15)14-23-22(27)19-11-12-21(25-24-19)26-16(2)13-18-5-3-4-6-20(18)26/h3-12,16H,13-14H2,1-2H3,(H,23,27). The van der Waals surface area contributed by atoms with Crippen molar-refractivity contribution in [3.8, 4) is 0 Å². The minimum absolute atomic E-state index is 0.218. The van der Waals surface area contributed by atoms with Gasteiger partial charge in [-0.25, -0.2) is 0 Å². The van der Waals surface area contributed by atoms with E-state index >= 15 is 0 Å². The van der Waals surface area contributed by atoms with E-state index in [2.05, 4.69) is 45.5 Å². The SMILES string of the molecule is Cc1ccc(CNC(=O)c2ccc(N3c4ccccc4CC3C)nn2)cc1. The Morgan fingerprint density at radius 3 is 2.59 bits per heavy atom. The Morgan fingerprint density at radius 1 is 1.07 bits per heavy atom. The molecule has 1 aromatic heterocycles. The second kappa shape index (κ2) is 7.19. The van der Waals surface area contributed by atoms with Gasteiger partial charge in [-0.15, -0.1) is 10.2 Å². The molecule has 4 rings (SSSR count).